The fourth-order valence-electron chi connectivity index (χ4n) is 10.7. The van der Waals surface area contributed by atoms with Crippen LogP contribution in [-0.4, -0.2) is 73.4 Å². The number of allylic oxidation sites excluding steroid dienone is 16. The average Bonchev–Trinajstić information content (AvgIpc) is 3.70. The van der Waals surface area contributed by atoms with Gasteiger partial charge in [0, 0.05) is 6.42 Å². The van der Waals surface area contributed by atoms with E-state index in [1.54, 1.807) is 0 Å². The average molecular weight is 1220 g/mol. The van der Waals surface area contributed by atoms with Gasteiger partial charge in [-0.3, -0.25) is 13.8 Å². The van der Waals surface area contributed by atoms with Crippen LogP contribution in [0.15, 0.2) is 97.2 Å². The van der Waals surface area contributed by atoms with Crippen molar-refractivity contribution in [2.24, 2.45) is 0 Å². The van der Waals surface area contributed by atoms with Gasteiger partial charge >= 0.3 is 7.82 Å². The molecule has 8 nitrogen and oxygen atoms in total. The molecule has 1 amide bonds. The van der Waals surface area contributed by atoms with Crippen molar-refractivity contribution in [1.82, 2.24) is 5.32 Å². The van der Waals surface area contributed by atoms with E-state index in [9.17, 15) is 19.4 Å². The lowest BCUT2D eigenvalue weighted by Crippen LogP contribution is -2.46. The van der Waals surface area contributed by atoms with E-state index in [-0.39, 0.29) is 19.1 Å². The minimum atomic E-state index is -4.34. The molecule has 0 rings (SSSR count). The fourth-order valence-corrected chi connectivity index (χ4v) is 11.5. The molecule has 0 aromatic heterocycles. The number of rotatable bonds is 67. The molecule has 0 saturated heterocycles. The van der Waals surface area contributed by atoms with Crippen LogP contribution in [0.1, 0.15) is 335 Å². The van der Waals surface area contributed by atoms with Crippen LogP contribution in [0.5, 0.6) is 0 Å². The fraction of sp³-hybridized carbons (Fsp3) is 0.779. The van der Waals surface area contributed by atoms with Crippen LogP contribution in [0.2, 0.25) is 0 Å². The maximum atomic E-state index is 13.1. The normalized spacial score (nSPS) is 14.2. The van der Waals surface area contributed by atoms with E-state index in [0.29, 0.717) is 23.9 Å². The first-order chi connectivity index (χ1) is 42.0. The highest BCUT2D eigenvalue weighted by molar-refractivity contribution is 7.47. The quantitative estimate of drug-likeness (QED) is 0.0243. The van der Waals surface area contributed by atoms with Crippen molar-refractivity contribution in [3.8, 4) is 0 Å². The molecule has 0 aromatic rings. The smallest absolute Gasteiger partial charge is 0.391 e. The van der Waals surface area contributed by atoms with Gasteiger partial charge in [-0.2, -0.15) is 0 Å². The molecule has 0 radical (unpaired) electrons. The Morgan fingerprint density at radius 3 is 1.02 bits per heavy atom. The third kappa shape index (κ3) is 68.9. The van der Waals surface area contributed by atoms with E-state index in [2.05, 4.69) is 116 Å². The molecular weight excluding hydrogens is 1080 g/mol. The van der Waals surface area contributed by atoms with Crippen LogP contribution in [-0.2, 0) is 18.4 Å². The molecule has 0 heterocycles. The lowest BCUT2D eigenvalue weighted by atomic mass is 10.0. The minimum absolute atomic E-state index is 0.0706. The van der Waals surface area contributed by atoms with Gasteiger partial charge in [0.2, 0.25) is 5.91 Å². The number of amides is 1. The Labute approximate surface area is 534 Å². The van der Waals surface area contributed by atoms with Gasteiger partial charge in [-0.25, -0.2) is 4.57 Å². The molecule has 3 atom stereocenters. The second kappa shape index (κ2) is 66.8. The zero-order valence-electron chi connectivity index (χ0n) is 57.3. The zero-order valence-corrected chi connectivity index (χ0v) is 58.2. The topological polar surface area (TPSA) is 105 Å². The molecule has 0 bridgehead atoms. The highest BCUT2D eigenvalue weighted by atomic mass is 31.2. The first kappa shape index (κ1) is 83.4. The number of carbonyl (C=O) groups is 1. The van der Waals surface area contributed by atoms with Gasteiger partial charge in [0.05, 0.1) is 39.9 Å². The first-order valence-electron chi connectivity index (χ1n) is 36.6. The summed E-state index contributed by atoms with van der Waals surface area (Å²) in [6.07, 6.45) is 96.6. The molecule has 0 fully saturated rings. The number of nitrogens with one attached hydrogen (secondary N) is 1. The highest BCUT2D eigenvalue weighted by Gasteiger charge is 2.28. The summed E-state index contributed by atoms with van der Waals surface area (Å²) in [6, 6.07) is -0.771. The Balaban J connectivity index is 4.06. The number of phosphoric acid groups is 1. The Kier molecular flexibility index (Phi) is 64.8. The lowest BCUT2D eigenvalue weighted by molar-refractivity contribution is -0.870. The second-order valence-corrected chi connectivity index (χ2v) is 27.4. The van der Waals surface area contributed by atoms with Crippen molar-refractivity contribution in [2.45, 2.75) is 347 Å². The monoisotopic (exact) mass is 1220 g/mol. The number of carbonyl (C=O) groups excluding carboxylic acids is 1. The zero-order chi connectivity index (χ0) is 62.6. The molecule has 0 aliphatic rings. The summed E-state index contributed by atoms with van der Waals surface area (Å²) in [4.78, 5) is 23.5. The number of likely N-dealkylation sites (N-methyl/N-ethyl adjacent to an activating group) is 1. The number of hydrogen-bond donors (Lipinski definition) is 3. The number of hydrogen-bond acceptors (Lipinski definition) is 5. The molecule has 0 saturated carbocycles. The van der Waals surface area contributed by atoms with Gasteiger partial charge < -0.3 is 19.8 Å². The Morgan fingerprint density at radius 1 is 0.407 bits per heavy atom. The summed E-state index contributed by atoms with van der Waals surface area (Å²) in [6.45, 7) is 4.81. The molecule has 0 aromatic carbocycles. The van der Waals surface area contributed by atoms with E-state index in [1.165, 1.54) is 212 Å². The molecule has 500 valence electrons. The summed E-state index contributed by atoms with van der Waals surface area (Å²) < 4.78 is 23.9. The maximum Gasteiger partial charge on any atom is 0.472 e. The Bertz CT molecular complexity index is 1730. The first-order valence-corrected chi connectivity index (χ1v) is 38.1. The number of unbranched alkanes of at least 4 members (excludes halogenated alkanes) is 38. The third-order valence-electron chi connectivity index (χ3n) is 16.3. The molecule has 0 aliphatic heterocycles. The van der Waals surface area contributed by atoms with Crippen molar-refractivity contribution in [3.63, 3.8) is 0 Å². The second-order valence-electron chi connectivity index (χ2n) is 25.9. The maximum absolute atomic E-state index is 13.1. The highest BCUT2D eigenvalue weighted by Crippen LogP contribution is 2.43. The minimum Gasteiger partial charge on any atom is -0.391 e. The van der Waals surface area contributed by atoms with E-state index in [0.717, 1.165) is 96.3 Å². The third-order valence-corrected chi connectivity index (χ3v) is 17.3. The number of nitrogens with zero attached hydrogens (tertiary/aromatic N) is 1. The molecule has 86 heavy (non-hydrogen) atoms. The van der Waals surface area contributed by atoms with Gasteiger partial charge in [-0.15, -0.1) is 0 Å². The lowest BCUT2D eigenvalue weighted by Gasteiger charge is -2.26. The summed E-state index contributed by atoms with van der Waals surface area (Å²) in [5.41, 5.74) is 0. The van der Waals surface area contributed by atoms with Crippen LogP contribution in [0, 0.1) is 0 Å². The summed E-state index contributed by atoms with van der Waals surface area (Å²) >= 11 is 0. The molecule has 0 spiro atoms. The Morgan fingerprint density at radius 2 is 0.698 bits per heavy atom. The van der Waals surface area contributed by atoms with Crippen LogP contribution in [0.4, 0.5) is 0 Å². The van der Waals surface area contributed by atoms with Crippen molar-refractivity contribution < 1.29 is 32.9 Å². The molecule has 0 aliphatic carbocycles. The molecule has 3 N–H and O–H groups in total. The largest absolute Gasteiger partial charge is 0.472 e. The van der Waals surface area contributed by atoms with E-state index < -0.39 is 20.0 Å². The van der Waals surface area contributed by atoms with E-state index in [4.69, 9.17) is 9.05 Å². The van der Waals surface area contributed by atoms with Crippen molar-refractivity contribution in [3.05, 3.63) is 97.2 Å². The SMILES string of the molecule is CC/C=C\C/C=C\C/C=C\C/C=C\C/C=C\C/C=C\C/C=C\C/C=C\CCCCCCCCCCCCC(=O)NC(COP(=O)(O)OCC[N+](C)(C)C)C(O)CCCCCCCCCCCCCCCCCCCCCCCCCCCCCCC. The number of aliphatic hydroxyl groups excluding tert-OH is 1. The number of phosphoric ester groups is 1. The van der Waals surface area contributed by atoms with Crippen LogP contribution in [0.25, 0.3) is 0 Å². The van der Waals surface area contributed by atoms with Gasteiger partial charge in [-0.1, -0.05) is 349 Å². The molecule has 9 heteroatoms. The predicted molar refractivity (Wildman–Crippen MR) is 378 cm³/mol. The summed E-state index contributed by atoms with van der Waals surface area (Å²) in [5, 5.41) is 14.2. The molecular formula is C77H142N2O6P+. The number of aliphatic hydroxyl groups is 1. The van der Waals surface area contributed by atoms with Crippen LogP contribution >= 0.6 is 7.82 Å². The van der Waals surface area contributed by atoms with E-state index >= 15 is 0 Å². The van der Waals surface area contributed by atoms with Gasteiger partial charge in [0.25, 0.3) is 0 Å². The predicted octanol–water partition coefficient (Wildman–Crippen LogP) is 23.7. The van der Waals surface area contributed by atoms with Crippen LogP contribution in [0.3, 0.4) is 0 Å². The summed E-state index contributed by atoms with van der Waals surface area (Å²) in [7, 11) is 1.61. The van der Waals surface area contributed by atoms with Gasteiger partial charge in [0.15, 0.2) is 0 Å². The Hall–Kier alpha value is -2.58. The van der Waals surface area contributed by atoms with Crippen molar-refractivity contribution >= 4 is 13.7 Å². The standard InChI is InChI=1S/C77H141N2O6P/c1-6-8-10-12-14-16-18-20-22-24-26-28-30-32-34-36-37-38-39-40-41-43-45-47-49-51-53-55-57-59-61-63-65-67-69-71-77(81)78-75(74-85-86(82,83)84-73-72-79(3,4)5)76(80)70-68-66-64-62-60-58-56-54-52-50-48-46-44-42-35-33-31-29-27-25-23-21-19-17-15-13-11-9-7-2/h8,10,14,16,20,22,26,28,32,34,37-38,40-41,45,47,75-76,80H,6-7,9,11-13,15,17-19,21,23-25,27,29-31,33,35-36,39,42-44,46,48-74H2,1-5H3,(H-,78,81,82,83)/p+1/b10-8-,16-14-,22-20-,28-26-,34-32-,38-37-,41-40-,47-45-. The summed E-state index contributed by atoms with van der Waals surface area (Å²) in [5.74, 6) is -0.148. The van der Waals surface area contributed by atoms with Gasteiger partial charge in [0.1, 0.15) is 13.2 Å². The molecule has 3 unspecified atom stereocenters. The number of quaternary nitrogens is 1. The van der Waals surface area contributed by atoms with Crippen molar-refractivity contribution in [1.29, 1.82) is 0 Å². The van der Waals surface area contributed by atoms with E-state index in [1.807, 2.05) is 21.1 Å². The van der Waals surface area contributed by atoms with Crippen molar-refractivity contribution in [2.75, 3.05) is 40.9 Å². The van der Waals surface area contributed by atoms with Crippen LogP contribution < -0.4 is 5.32 Å². The van der Waals surface area contributed by atoms with Gasteiger partial charge in [-0.05, 0) is 77.0 Å².